The summed E-state index contributed by atoms with van der Waals surface area (Å²) in [5.74, 6) is -0.0915. The van der Waals surface area contributed by atoms with E-state index in [1.165, 1.54) is 12.1 Å². The molecule has 0 saturated carbocycles. The second-order valence-corrected chi connectivity index (χ2v) is 7.52. The second kappa shape index (κ2) is 7.98. The molecule has 1 aliphatic heterocycles. The van der Waals surface area contributed by atoms with Gasteiger partial charge in [0.1, 0.15) is 0 Å². The number of nitrogens with zero attached hydrogens (tertiary/aromatic N) is 2. The van der Waals surface area contributed by atoms with Crippen LogP contribution in [0.1, 0.15) is 36.2 Å². The van der Waals surface area contributed by atoms with Gasteiger partial charge in [-0.05, 0) is 42.2 Å². The Bertz CT molecular complexity index is 958. The average molecular weight is 402 g/mol. The van der Waals surface area contributed by atoms with Crippen LogP contribution in [0, 0.1) is 16.0 Å². The first-order chi connectivity index (χ1) is 13.3. The van der Waals surface area contributed by atoms with Crippen LogP contribution in [0.15, 0.2) is 36.4 Å². The van der Waals surface area contributed by atoms with Crippen molar-refractivity contribution < 1.29 is 14.5 Å². The van der Waals surface area contributed by atoms with Gasteiger partial charge in [-0.1, -0.05) is 25.4 Å². The zero-order valence-electron chi connectivity index (χ0n) is 15.6. The highest BCUT2D eigenvalue weighted by Gasteiger charge is 2.25. The zero-order valence-corrected chi connectivity index (χ0v) is 16.3. The van der Waals surface area contributed by atoms with Crippen molar-refractivity contribution in [1.29, 1.82) is 0 Å². The van der Waals surface area contributed by atoms with Crippen LogP contribution in [0.2, 0.25) is 5.02 Å². The van der Waals surface area contributed by atoms with Crippen LogP contribution in [-0.4, -0.2) is 23.3 Å². The molecule has 7 nitrogen and oxygen atoms in total. The molecule has 1 N–H and O–H groups in total. The van der Waals surface area contributed by atoms with E-state index in [0.29, 0.717) is 31.0 Å². The highest BCUT2D eigenvalue weighted by atomic mass is 35.5. The van der Waals surface area contributed by atoms with E-state index in [9.17, 15) is 19.7 Å². The monoisotopic (exact) mass is 401 g/mol. The van der Waals surface area contributed by atoms with Gasteiger partial charge in [0.15, 0.2) is 0 Å². The summed E-state index contributed by atoms with van der Waals surface area (Å²) in [6.45, 7) is 4.75. The maximum atomic E-state index is 12.6. The third kappa shape index (κ3) is 4.14. The van der Waals surface area contributed by atoms with Crippen molar-refractivity contribution in [2.75, 3.05) is 16.8 Å². The van der Waals surface area contributed by atoms with Gasteiger partial charge in [-0.15, -0.1) is 0 Å². The number of nitro groups is 1. The van der Waals surface area contributed by atoms with E-state index >= 15 is 0 Å². The molecule has 2 aromatic carbocycles. The van der Waals surface area contributed by atoms with E-state index in [0.717, 1.165) is 17.3 Å². The molecular formula is C20H20ClN3O4. The summed E-state index contributed by atoms with van der Waals surface area (Å²) < 4.78 is 0. The van der Waals surface area contributed by atoms with Crippen LogP contribution in [0.4, 0.5) is 17.1 Å². The Morgan fingerprint density at radius 2 is 2.00 bits per heavy atom. The molecule has 2 aromatic rings. The first-order valence-corrected chi connectivity index (χ1v) is 9.32. The Morgan fingerprint density at radius 3 is 2.68 bits per heavy atom. The molecule has 8 heteroatoms. The second-order valence-electron chi connectivity index (χ2n) is 7.12. The average Bonchev–Trinajstić information content (AvgIpc) is 2.64. The van der Waals surface area contributed by atoms with Gasteiger partial charge in [0.05, 0.1) is 15.5 Å². The van der Waals surface area contributed by atoms with Crippen molar-refractivity contribution in [3.63, 3.8) is 0 Å². The van der Waals surface area contributed by atoms with Crippen LogP contribution < -0.4 is 10.2 Å². The number of nitrogens with one attached hydrogen (secondary N) is 1. The molecule has 0 unspecified atom stereocenters. The number of carbonyl (C=O) groups is 2. The minimum absolute atomic E-state index is 0.0326. The number of non-ortho nitro benzene ring substituents is 1. The van der Waals surface area contributed by atoms with Crippen LogP contribution in [0.25, 0.3) is 0 Å². The Balaban J connectivity index is 1.85. The highest BCUT2D eigenvalue weighted by Crippen LogP contribution is 2.31. The zero-order chi connectivity index (χ0) is 20.4. The van der Waals surface area contributed by atoms with E-state index in [2.05, 4.69) is 19.2 Å². The van der Waals surface area contributed by atoms with Crippen LogP contribution in [-0.2, 0) is 11.2 Å². The van der Waals surface area contributed by atoms with E-state index in [-0.39, 0.29) is 22.2 Å². The lowest BCUT2D eigenvalue weighted by Gasteiger charge is -2.31. The van der Waals surface area contributed by atoms with E-state index < -0.39 is 10.8 Å². The molecule has 0 saturated heterocycles. The summed E-state index contributed by atoms with van der Waals surface area (Å²) in [5, 5.41) is 13.8. The number of halogens is 1. The minimum atomic E-state index is -0.577. The molecule has 1 heterocycles. The fourth-order valence-electron chi connectivity index (χ4n) is 3.20. The van der Waals surface area contributed by atoms with Crippen molar-refractivity contribution in [3.8, 4) is 0 Å². The predicted octanol–water partition coefficient (Wildman–Crippen LogP) is 4.44. The van der Waals surface area contributed by atoms with Crippen LogP contribution >= 0.6 is 11.6 Å². The summed E-state index contributed by atoms with van der Waals surface area (Å²) in [7, 11) is 0. The van der Waals surface area contributed by atoms with Gasteiger partial charge in [0.2, 0.25) is 5.91 Å². The third-order valence-electron chi connectivity index (χ3n) is 4.49. The largest absolute Gasteiger partial charge is 0.322 e. The SMILES string of the molecule is CC(C)CN1C(=O)CCc2cc(NC(=O)c3cc([N+](=O)[O-])ccc3Cl)ccc21. The summed E-state index contributed by atoms with van der Waals surface area (Å²) in [4.78, 5) is 37.0. The summed E-state index contributed by atoms with van der Waals surface area (Å²) in [6, 6.07) is 9.10. The fraction of sp³-hybridized carbons (Fsp3) is 0.300. The number of hydrogen-bond acceptors (Lipinski definition) is 4. The molecular weight excluding hydrogens is 382 g/mol. The summed E-state index contributed by atoms with van der Waals surface area (Å²) in [6.07, 6.45) is 1.03. The molecule has 0 atom stereocenters. The van der Waals surface area contributed by atoms with Gasteiger partial charge in [-0.3, -0.25) is 19.7 Å². The minimum Gasteiger partial charge on any atom is -0.322 e. The number of benzene rings is 2. The molecule has 146 valence electrons. The molecule has 0 bridgehead atoms. The highest BCUT2D eigenvalue weighted by molar-refractivity contribution is 6.34. The lowest BCUT2D eigenvalue weighted by atomic mass is 9.99. The Morgan fingerprint density at radius 1 is 1.25 bits per heavy atom. The Hall–Kier alpha value is -2.93. The maximum absolute atomic E-state index is 12.6. The number of hydrogen-bond donors (Lipinski definition) is 1. The van der Waals surface area contributed by atoms with Gasteiger partial charge >= 0.3 is 0 Å². The number of amides is 2. The molecule has 0 fully saturated rings. The van der Waals surface area contributed by atoms with Crippen LogP contribution in [0.5, 0.6) is 0 Å². The molecule has 0 aliphatic carbocycles. The first kappa shape index (κ1) is 19.8. The number of nitro benzene ring substituents is 1. The van der Waals surface area contributed by atoms with Gasteiger partial charge in [-0.25, -0.2) is 0 Å². The molecule has 28 heavy (non-hydrogen) atoms. The number of aryl methyl sites for hydroxylation is 1. The van der Waals surface area contributed by atoms with Gasteiger partial charge in [0, 0.05) is 36.5 Å². The number of carbonyl (C=O) groups excluding carboxylic acids is 2. The predicted molar refractivity (Wildman–Crippen MR) is 108 cm³/mol. The normalized spacial score (nSPS) is 13.4. The molecule has 1 aliphatic rings. The van der Waals surface area contributed by atoms with Gasteiger partial charge in [-0.2, -0.15) is 0 Å². The standard InChI is InChI=1S/C20H20ClN3O4/c1-12(2)11-23-18-7-4-14(9-13(18)3-8-19(23)25)22-20(26)16-10-15(24(27)28)5-6-17(16)21/h4-7,9-10,12H,3,8,11H2,1-2H3,(H,22,26). The van der Waals surface area contributed by atoms with Gasteiger partial charge in [0.25, 0.3) is 11.6 Å². The van der Waals surface area contributed by atoms with Crippen molar-refractivity contribution >= 4 is 40.5 Å². The van der Waals surface area contributed by atoms with Crippen molar-refractivity contribution in [2.24, 2.45) is 5.92 Å². The number of rotatable bonds is 5. The van der Waals surface area contributed by atoms with Gasteiger partial charge < -0.3 is 10.2 Å². The quantitative estimate of drug-likeness (QED) is 0.592. The number of fused-ring (bicyclic) bond motifs is 1. The third-order valence-corrected chi connectivity index (χ3v) is 4.82. The van der Waals surface area contributed by atoms with E-state index in [1.54, 1.807) is 11.0 Å². The lowest BCUT2D eigenvalue weighted by molar-refractivity contribution is -0.384. The lowest BCUT2D eigenvalue weighted by Crippen LogP contribution is -2.37. The maximum Gasteiger partial charge on any atom is 0.270 e. The summed E-state index contributed by atoms with van der Waals surface area (Å²) >= 11 is 6.03. The van der Waals surface area contributed by atoms with E-state index in [4.69, 9.17) is 11.6 Å². The molecule has 0 aromatic heterocycles. The fourth-order valence-corrected chi connectivity index (χ4v) is 3.41. The molecule has 0 spiro atoms. The molecule has 0 radical (unpaired) electrons. The number of anilines is 2. The smallest absolute Gasteiger partial charge is 0.270 e. The first-order valence-electron chi connectivity index (χ1n) is 8.95. The Kier molecular flexibility index (Phi) is 5.65. The molecule has 2 amide bonds. The van der Waals surface area contributed by atoms with Crippen molar-refractivity contribution in [3.05, 3.63) is 62.7 Å². The van der Waals surface area contributed by atoms with Crippen LogP contribution in [0.3, 0.4) is 0 Å². The van der Waals surface area contributed by atoms with Crippen molar-refractivity contribution in [2.45, 2.75) is 26.7 Å². The molecule has 3 rings (SSSR count). The van der Waals surface area contributed by atoms with E-state index in [1.807, 2.05) is 12.1 Å². The summed E-state index contributed by atoms with van der Waals surface area (Å²) in [5.41, 5.74) is 2.21. The van der Waals surface area contributed by atoms with Crippen molar-refractivity contribution in [1.82, 2.24) is 0 Å². The Labute approximate surface area is 167 Å². The topological polar surface area (TPSA) is 92.6 Å².